The average Bonchev–Trinajstić information content (AvgIpc) is 2.64. The number of carbonyl (C=O) groups excluding carboxylic acids is 1. The molecule has 0 aliphatic rings. The van der Waals surface area contributed by atoms with Gasteiger partial charge in [-0.2, -0.15) is 0 Å². The summed E-state index contributed by atoms with van der Waals surface area (Å²) in [6.07, 6.45) is 4.16. The molecule has 0 saturated heterocycles. The summed E-state index contributed by atoms with van der Waals surface area (Å²) in [5.41, 5.74) is 1.78. The average molecular weight is 370 g/mol. The van der Waals surface area contributed by atoms with Crippen LogP contribution in [0, 0.1) is 11.8 Å². The van der Waals surface area contributed by atoms with E-state index in [4.69, 9.17) is 4.74 Å². The summed E-state index contributed by atoms with van der Waals surface area (Å²) < 4.78 is 5.74. The number of benzene rings is 1. The molecule has 144 valence electrons. The first-order valence-electron chi connectivity index (χ1n) is 9.04. The maximum atomic E-state index is 12.2. The summed E-state index contributed by atoms with van der Waals surface area (Å²) in [6, 6.07) is 11.1. The normalized spacial score (nSPS) is 11.8. The zero-order valence-electron chi connectivity index (χ0n) is 15.7. The van der Waals surface area contributed by atoms with Gasteiger partial charge in [0.15, 0.2) is 0 Å². The zero-order valence-corrected chi connectivity index (χ0v) is 15.7. The van der Waals surface area contributed by atoms with Crippen molar-refractivity contribution in [3.63, 3.8) is 0 Å². The van der Waals surface area contributed by atoms with Gasteiger partial charge >= 0.3 is 5.97 Å². The molecule has 6 heteroatoms. The molecule has 0 aliphatic heterocycles. The second-order valence-corrected chi connectivity index (χ2v) is 6.94. The Kier molecular flexibility index (Phi) is 7.79. The Balaban J connectivity index is 1.85. The first-order valence-corrected chi connectivity index (χ1v) is 9.04. The Hall–Kier alpha value is -2.89. The largest absolute Gasteiger partial charge is 0.489 e. The van der Waals surface area contributed by atoms with Crippen molar-refractivity contribution >= 4 is 11.9 Å². The monoisotopic (exact) mass is 370 g/mol. The van der Waals surface area contributed by atoms with Crippen LogP contribution in [-0.2, 0) is 22.6 Å². The van der Waals surface area contributed by atoms with Crippen LogP contribution < -0.4 is 10.1 Å². The molecule has 0 bridgehead atoms. The van der Waals surface area contributed by atoms with Crippen LogP contribution in [0.4, 0.5) is 0 Å². The van der Waals surface area contributed by atoms with Gasteiger partial charge in [-0.05, 0) is 36.1 Å². The van der Waals surface area contributed by atoms with Gasteiger partial charge in [-0.25, -0.2) is 0 Å². The van der Waals surface area contributed by atoms with Crippen LogP contribution in [0.15, 0.2) is 48.8 Å². The summed E-state index contributed by atoms with van der Waals surface area (Å²) in [7, 11) is 0. The van der Waals surface area contributed by atoms with Crippen molar-refractivity contribution in [3.8, 4) is 5.75 Å². The zero-order chi connectivity index (χ0) is 19.6. The van der Waals surface area contributed by atoms with Crippen molar-refractivity contribution in [1.82, 2.24) is 10.3 Å². The van der Waals surface area contributed by atoms with Gasteiger partial charge in [0.05, 0.1) is 12.3 Å². The van der Waals surface area contributed by atoms with E-state index in [0.717, 1.165) is 11.1 Å². The second kappa shape index (κ2) is 10.3. The van der Waals surface area contributed by atoms with E-state index in [9.17, 15) is 14.7 Å². The molecule has 1 unspecified atom stereocenters. The van der Waals surface area contributed by atoms with Crippen LogP contribution in [0.1, 0.15) is 31.4 Å². The molecule has 0 spiro atoms. The van der Waals surface area contributed by atoms with Crippen molar-refractivity contribution in [2.45, 2.75) is 33.3 Å². The molecule has 1 heterocycles. The number of carbonyl (C=O) groups is 2. The lowest BCUT2D eigenvalue weighted by Gasteiger charge is -2.15. The Bertz CT molecular complexity index is 747. The number of aliphatic carboxylic acids is 1. The van der Waals surface area contributed by atoms with Gasteiger partial charge in [-0.15, -0.1) is 0 Å². The smallest absolute Gasteiger partial charge is 0.308 e. The van der Waals surface area contributed by atoms with E-state index in [1.54, 1.807) is 12.4 Å². The molecule has 0 saturated carbocycles. The minimum atomic E-state index is -0.880. The predicted octanol–water partition coefficient (Wildman–Crippen LogP) is 3.07. The van der Waals surface area contributed by atoms with Crippen molar-refractivity contribution in [2.75, 3.05) is 6.54 Å². The number of amides is 1. The molecular formula is C21H26N2O4. The highest BCUT2D eigenvalue weighted by Crippen LogP contribution is 2.16. The van der Waals surface area contributed by atoms with E-state index in [2.05, 4.69) is 10.3 Å². The van der Waals surface area contributed by atoms with Gasteiger partial charge in [0, 0.05) is 24.5 Å². The number of nitrogens with one attached hydrogen (secondary N) is 1. The Morgan fingerprint density at radius 1 is 1.19 bits per heavy atom. The third-order valence-electron chi connectivity index (χ3n) is 4.04. The molecule has 1 atom stereocenters. The Morgan fingerprint density at radius 3 is 2.63 bits per heavy atom. The van der Waals surface area contributed by atoms with Gasteiger partial charge in [0.2, 0.25) is 5.91 Å². The van der Waals surface area contributed by atoms with Crippen LogP contribution in [0.25, 0.3) is 0 Å². The maximum Gasteiger partial charge on any atom is 0.308 e. The van der Waals surface area contributed by atoms with Crippen LogP contribution in [-0.4, -0.2) is 28.5 Å². The molecule has 0 radical (unpaired) electrons. The first-order chi connectivity index (χ1) is 12.9. The summed E-state index contributed by atoms with van der Waals surface area (Å²) in [5, 5.41) is 12.0. The molecule has 1 amide bonds. The standard InChI is InChI=1S/C21H26N2O4/c1-15(2)9-18(21(25)26)13-23-20(24)11-16-5-3-7-19(10-16)27-14-17-6-4-8-22-12-17/h3-8,10,12,15,18H,9,11,13-14H2,1-2H3,(H,23,24)(H,25,26). The summed E-state index contributed by atoms with van der Waals surface area (Å²) in [6.45, 7) is 4.48. The van der Waals surface area contributed by atoms with E-state index >= 15 is 0 Å². The maximum absolute atomic E-state index is 12.2. The quantitative estimate of drug-likeness (QED) is 0.671. The minimum Gasteiger partial charge on any atom is -0.489 e. The molecule has 1 aromatic carbocycles. The molecular weight excluding hydrogens is 344 g/mol. The second-order valence-electron chi connectivity index (χ2n) is 6.94. The molecule has 1 aromatic heterocycles. The molecule has 2 N–H and O–H groups in total. The minimum absolute atomic E-state index is 0.142. The number of carboxylic acids is 1. The van der Waals surface area contributed by atoms with Gasteiger partial charge in [0.25, 0.3) is 0 Å². The molecule has 6 nitrogen and oxygen atoms in total. The van der Waals surface area contributed by atoms with Crippen molar-refractivity contribution in [3.05, 3.63) is 59.9 Å². The fourth-order valence-corrected chi connectivity index (χ4v) is 2.72. The number of rotatable bonds is 10. The fourth-order valence-electron chi connectivity index (χ4n) is 2.72. The lowest BCUT2D eigenvalue weighted by Crippen LogP contribution is -2.34. The topological polar surface area (TPSA) is 88.5 Å². The number of ether oxygens (including phenoxy) is 1. The van der Waals surface area contributed by atoms with Crippen molar-refractivity contribution in [2.24, 2.45) is 11.8 Å². The highest BCUT2D eigenvalue weighted by molar-refractivity contribution is 5.79. The number of pyridine rings is 1. The van der Waals surface area contributed by atoms with Gasteiger partial charge < -0.3 is 15.2 Å². The number of aromatic nitrogens is 1. The summed E-state index contributed by atoms with van der Waals surface area (Å²) in [5.74, 6) is -0.712. The van der Waals surface area contributed by atoms with Crippen molar-refractivity contribution in [1.29, 1.82) is 0 Å². The summed E-state index contributed by atoms with van der Waals surface area (Å²) >= 11 is 0. The van der Waals surface area contributed by atoms with E-state index in [1.165, 1.54) is 0 Å². The lowest BCUT2D eigenvalue weighted by atomic mass is 9.97. The van der Waals surface area contributed by atoms with Gasteiger partial charge in [-0.1, -0.05) is 32.0 Å². The number of carboxylic acid groups (broad SMARTS) is 1. The van der Waals surface area contributed by atoms with E-state index in [1.807, 2.05) is 50.2 Å². The van der Waals surface area contributed by atoms with E-state index < -0.39 is 11.9 Å². The molecule has 0 aliphatic carbocycles. The SMILES string of the molecule is CC(C)CC(CNC(=O)Cc1cccc(OCc2cccnc2)c1)C(=O)O. The third-order valence-corrected chi connectivity index (χ3v) is 4.04. The van der Waals surface area contributed by atoms with Crippen LogP contribution in [0.5, 0.6) is 5.75 Å². The fraction of sp³-hybridized carbons (Fsp3) is 0.381. The molecule has 2 aromatic rings. The molecule has 2 rings (SSSR count). The highest BCUT2D eigenvalue weighted by Gasteiger charge is 2.19. The Morgan fingerprint density at radius 2 is 1.96 bits per heavy atom. The number of hydrogen-bond acceptors (Lipinski definition) is 4. The molecule has 0 fully saturated rings. The van der Waals surface area contributed by atoms with Crippen molar-refractivity contribution < 1.29 is 19.4 Å². The number of nitrogens with zero attached hydrogens (tertiary/aromatic N) is 1. The predicted molar refractivity (Wildman–Crippen MR) is 102 cm³/mol. The lowest BCUT2D eigenvalue weighted by molar-refractivity contribution is -0.142. The van der Waals surface area contributed by atoms with Crippen LogP contribution >= 0.6 is 0 Å². The van der Waals surface area contributed by atoms with Crippen LogP contribution in [0.2, 0.25) is 0 Å². The summed E-state index contributed by atoms with van der Waals surface area (Å²) in [4.78, 5) is 27.5. The van der Waals surface area contributed by atoms with Crippen LogP contribution in [0.3, 0.4) is 0 Å². The third kappa shape index (κ3) is 7.48. The van der Waals surface area contributed by atoms with Gasteiger partial charge in [0.1, 0.15) is 12.4 Å². The highest BCUT2D eigenvalue weighted by atomic mass is 16.5. The first kappa shape index (κ1) is 20.4. The number of hydrogen-bond donors (Lipinski definition) is 2. The van der Waals surface area contributed by atoms with E-state index in [0.29, 0.717) is 18.8 Å². The van der Waals surface area contributed by atoms with Gasteiger partial charge in [-0.3, -0.25) is 14.6 Å². The van der Waals surface area contributed by atoms with E-state index in [-0.39, 0.29) is 24.8 Å². The molecule has 27 heavy (non-hydrogen) atoms. The Labute approximate surface area is 159 Å².